The Bertz CT molecular complexity index is 208. The Kier molecular flexibility index (Phi) is 4.33. The molecule has 0 amide bonds. The highest BCUT2D eigenvalue weighted by molar-refractivity contribution is 5.04. The van der Waals surface area contributed by atoms with E-state index in [4.69, 9.17) is 19.8 Å². The van der Waals surface area contributed by atoms with Gasteiger partial charge >= 0.3 is 0 Å². The summed E-state index contributed by atoms with van der Waals surface area (Å²) in [4.78, 5) is 0. The second-order valence-corrected chi connectivity index (χ2v) is 3.70. The van der Waals surface area contributed by atoms with Gasteiger partial charge in [0.25, 0.3) is 0 Å². The van der Waals surface area contributed by atoms with Gasteiger partial charge in [-0.15, -0.1) is 0 Å². The maximum atomic E-state index is 9.05. The second kappa shape index (κ2) is 5.30. The average molecular weight is 199 g/mol. The summed E-state index contributed by atoms with van der Waals surface area (Å²) in [5, 5.41) is 17.7. The van der Waals surface area contributed by atoms with Crippen molar-refractivity contribution in [1.29, 1.82) is 5.26 Å². The van der Waals surface area contributed by atoms with Gasteiger partial charge in [-0.25, -0.2) is 0 Å². The summed E-state index contributed by atoms with van der Waals surface area (Å²) < 4.78 is 10.7. The van der Waals surface area contributed by atoms with Gasteiger partial charge in [0.15, 0.2) is 5.60 Å². The van der Waals surface area contributed by atoms with Crippen molar-refractivity contribution in [3.63, 3.8) is 0 Å². The van der Waals surface area contributed by atoms with E-state index in [1.807, 2.05) is 0 Å². The standard InChI is InChI=1S/C10H17NO3/c1-10(8-11,14-5-2-4-12)9-3-6-13-7-9/h9,12H,2-7H2,1H3. The number of aliphatic hydroxyl groups excluding tert-OH is 1. The molecule has 4 heteroatoms. The van der Waals surface area contributed by atoms with Crippen molar-refractivity contribution in [2.45, 2.75) is 25.4 Å². The molecular formula is C10H17NO3. The highest BCUT2D eigenvalue weighted by Gasteiger charge is 2.37. The third kappa shape index (κ3) is 2.68. The van der Waals surface area contributed by atoms with Crippen molar-refractivity contribution in [1.82, 2.24) is 0 Å². The van der Waals surface area contributed by atoms with E-state index in [1.54, 1.807) is 6.92 Å². The lowest BCUT2D eigenvalue weighted by Gasteiger charge is -2.27. The quantitative estimate of drug-likeness (QED) is 0.662. The summed E-state index contributed by atoms with van der Waals surface area (Å²) in [5.41, 5.74) is -0.758. The molecule has 1 saturated heterocycles. The number of aliphatic hydroxyl groups is 1. The topological polar surface area (TPSA) is 62.5 Å². The molecule has 14 heavy (non-hydrogen) atoms. The molecule has 0 radical (unpaired) electrons. The van der Waals surface area contributed by atoms with Gasteiger partial charge in [0.1, 0.15) is 0 Å². The van der Waals surface area contributed by atoms with Crippen molar-refractivity contribution in [2.24, 2.45) is 5.92 Å². The predicted octanol–water partition coefficient (Wildman–Crippen LogP) is 0.704. The van der Waals surface area contributed by atoms with Crippen LogP contribution in [0.2, 0.25) is 0 Å². The van der Waals surface area contributed by atoms with Gasteiger partial charge in [-0.05, 0) is 19.8 Å². The van der Waals surface area contributed by atoms with E-state index in [-0.39, 0.29) is 12.5 Å². The van der Waals surface area contributed by atoms with Gasteiger partial charge in [-0.3, -0.25) is 0 Å². The van der Waals surface area contributed by atoms with Crippen LogP contribution in [0.3, 0.4) is 0 Å². The monoisotopic (exact) mass is 199 g/mol. The number of nitrogens with zero attached hydrogens (tertiary/aromatic N) is 1. The Hall–Kier alpha value is -0.630. The molecule has 0 aromatic heterocycles. The lowest BCUT2D eigenvalue weighted by atomic mass is 9.89. The minimum Gasteiger partial charge on any atom is -0.396 e. The zero-order valence-corrected chi connectivity index (χ0v) is 8.53. The van der Waals surface area contributed by atoms with Crippen LogP contribution in [0, 0.1) is 17.2 Å². The van der Waals surface area contributed by atoms with Crippen LogP contribution in [0.5, 0.6) is 0 Å². The molecule has 1 fully saturated rings. The molecule has 1 rings (SSSR count). The van der Waals surface area contributed by atoms with Gasteiger partial charge in [0.05, 0.1) is 19.3 Å². The fraction of sp³-hybridized carbons (Fsp3) is 0.900. The van der Waals surface area contributed by atoms with Gasteiger partial charge in [0.2, 0.25) is 0 Å². The first-order valence-electron chi connectivity index (χ1n) is 4.97. The Balaban J connectivity index is 2.43. The molecule has 0 bridgehead atoms. The number of hydrogen-bond donors (Lipinski definition) is 1. The average Bonchev–Trinajstić information content (AvgIpc) is 2.71. The van der Waals surface area contributed by atoms with E-state index in [9.17, 15) is 0 Å². The summed E-state index contributed by atoms with van der Waals surface area (Å²) in [5.74, 6) is 0.159. The van der Waals surface area contributed by atoms with Gasteiger partial charge in [-0.2, -0.15) is 5.26 Å². The Labute approximate surface area is 84.4 Å². The lowest BCUT2D eigenvalue weighted by Crippen LogP contribution is -2.37. The first-order valence-corrected chi connectivity index (χ1v) is 4.97. The van der Waals surface area contributed by atoms with Crippen LogP contribution in [0.15, 0.2) is 0 Å². The van der Waals surface area contributed by atoms with E-state index in [0.29, 0.717) is 26.2 Å². The molecule has 2 atom stereocenters. The molecule has 2 unspecified atom stereocenters. The largest absolute Gasteiger partial charge is 0.396 e. The third-order valence-electron chi connectivity index (χ3n) is 2.64. The fourth-order valence-corrected chi connectivity index (χ4v) is 1.56. The summed E-state index contributed by atoms with van der Waals surface area (Å²) >= 11 is 0. The second-order valence-electron chi connectivity index (χ2n) is 3.70. The zero-order valence-electron chi connectivity index (χ0n) is 8.53. The highest BCUT2D eigenvalue weighted by atomic mass is 16.5. The van der Waals surface area contributed by atoms with Gasteiger partial charge < -0.3 is 14.6 Å². The first-order chi connectivity index (χ1) is 6.73. The van der Waals surface area contributed by atoms with Crippen LogP contribution < -0.4 is 0 Å². The predicted molar refractivity (Wildman–Crippen MR) is 50.6 cm³/mol. The summed E-state index contributed by atoms with van der Waals surface area (Å²) in [7, 11) is 0. The first kappa shape index (κ1) is 11.4. The van der Waals surface area contributed by atoms with Crippen LogP contribution in [0.4, 0.5) is 0 Å². The molecule has 0 spiro atoms. The number of rotatable bonds is 5. The molecule has 0 saturated carbocycles. The van der Waals surface area contributed by atoms with E-state index in [2.05, 4.69) is 6.07 Å². The lowest BCUT2D eigenvalue weighted by molar-refractivity contribution is -0.0375. The molecule has 1 N–H and O–H groups in total. The third-order valence-corrected chi connectivity index (χ3v) is 2.64. The summed E-state index contributed by atoms with van der Waals surface area (Å²) in [6.07, 6.45) is 1.45. The maximum absolute atomic E-state index is 9.05. The minimum absolute atomic E-state index is 0.0999. The molecule has 1 aliphatic rings. The van der Waals surface area contributed by atoms with Crippen molar-refractivity contribution < 1.29 is 14.6 Å². The number of hydrogen-bond acceptors (Lipinski definition) is 4. The van der Waals surface area contributed by atoms with Crippen LogP contribution in [0.25, 0.3) is 0 Å². The Morgan fingerprint density at radius 1 is 1.71 bits per heavy atom. The molecule has 0 aromatic rings. The Morgan fingerprint density at radius 2 is 2.50 bits per heavy atom. The van der Waals surface area contributed by atoms with Crippen molar-refractivity contribution in [2.75, 3.05) is 26.4 Å². The fourth-order valence-electron chi connectivity index (χ4n) is 1.56. The van der Waals surface area contributed by atoms with Gasteiger partial charge in [-0.1, -0.05) is 0 Å². The van der Waals surface area contributed by atoms with Crippen LogP contribution in [-0.4, -0.2) is 37.1 Å². The van der Waals surface area contributed by atoms with Crippen LogP contribution in [0.1, 0.15) is 19.8 Å². The molecule has 0 aliphatic carbocycles. The maximum Gasteiger partial charge on any atom is 0.156 e. The zero-order chi connectivity index (χ0) is 10.4. The molecule has 4 nitrogen and oxygen atoms in total. The van der Waals surface area contributed by atoms with Crippen LogP contribution >= 0.6 is 0 Å². The summed E-state index contributed by atoms with van der Waals surface area (Å²) in [6, 6.07) is 2.20. The SMILES string of the molecule is CC(C#N)(OCCCO)C1CCOC1. The number of nitriles is 1. The Morgan fingerprint density at radius 3 is 3.00 bits per heavy atom. The van der Waals surface area contributed by atoms with Crippen molar-refractivity contribution in [3.8, 4) is 6.07 Å². The van der Waals surface area contributed by atoms with E-state index < -0.39 is 5.60 Å². The van der Waals surface area contributed by atoms with Crippen LogP contribution in [-0.2, 0) is 9.47 Å². The smallest absolute Gasteiger partial charge is 0.156 e. The molecule has 1 heterocycles. The van der Waals surface area contributed by atoms with Crippen molar-refractivity contribution >= 4 is 0 Å². The molecule has 1 aliphatic heterocycles. The minimum atomic E-state index is -0.758. The molecule has 0 aromatic carbocycles. The van der Waals surface area contributed by atoms with E-state index >= 15 is 0 Å². The molecule has 80 valence electrons. The van der Waals surface area contributed by atoms with E-state index in [1.165, 1.54) is 0 Å². The normalized spacial score (nSPS) is 25.6. The highest BCUT2D eigenvalue weighted by Crippen LogP contribution is 2.28. The van der Waals surface area contributed by atoms with Gasteiger partial charge in [0, 0.05) is 19.1 Å². The van der Waals surface area contributed by atoms with Crippen molar-refractivity contribution in [3.05, 3.63) is 0 Å². The molecular weight excluding hydrogens is 182 g/mol. The number of ether oxygens (including phenoxy) is 2. The van der Waals surface area contributed by atoms with E-state index in [0.717, 1.165) is 6.42 Å². The summed E-state index contributed by atoms with van der Waals surface area (Å²) in [6.45, 7) is 3.64.